The van der Waals surface area contributed by atoms with E-state index < -0.39 is 16.8 Å². The Morgan fingerprint density at radius 2 is 1.58 bits per heavy atom. The van der Waals surface area contributed by atoms with Crippen LogP contribution in [-0.4, -0.2) is 5.78 Å². The highest BCUT2D eigenvalue weighted by molar-refractivity contribution is 9.10. The maximum atomic E-state index is 13.4. The largest absolute Gasteiger partial charge is 0.426 e. The Hall–Kier alpha value is -1.92. The average Bonchev–Trinajstić information content (AvgIpc) is 3.01. The molecule has 0 fully saturated rings. The van der Waals surface area contributed by atoms with Gasteiger partial charge in [0.25, 0.3) is 0 Å². The molecule has 0 unspecified atom stereocenters. The van der Waals surface area contributed by atoms with Gasteiger partial charge in [-0.25, -0.2) is 0 Å². The maximum Gasteiger partial charge on any atom is 0.426 e. The number of thiophene rings is 1. The Morgan fingerprint density at radius 1 is 0.958 bits per heavy atom. The number of hydrogen-bond acceptors (Lipinski definition) is 2. The number of carbonyl (C=O) groups excluding carboxylic acids is 1. The van der Waals surface area contributed by atoms with E-state index in [-0.39, 0.29) is 10.4 Å². The number of rotatable bonds is 3. The summed E-state index contributed by atoms with van der Waals surface area (Å²) in [5.41, 5.74) is 0.831. The number of alkyl halides is 3. The predicted octanol–water partition coefficient (Wildman–Crippen LogP) is 6.43. The molecule has 0 saturated heterocycles. The highest BCUT2D eigenvalue weighted by atomic mass is 79.9. The van der Waals surface area contributed by atoms with E-state index in [0.29, 0.717) is 22.5 Å². The van der Waals surface area contributed by atoms with E-state index in [4.69, 9.17) is 0 Å². The van der Waals surface area contributed by atoms with E-state index in [1.807, 2.05) is 0 Å². The van der Waals surface area contributed by atoms with E-state index >= 15 is 0 Å². The predicted molar refractivity (Wildman–Crippen MR) is 92.3 cm³/mol. The molecule has 0 N–H and O–H groups in total. The first-order valence-corrected chi connectivity index (χ1v) is 8.54. The Kier molecular flexibility index (Phi) is 4.60. The van der Waals surface area contributed by atoms with Gasteiger partial charge in [-0.15, -0.1) is 11.3 Å². The average molecular weight is 411 g/mol. The van der Waals surface area contributed by atoms with Crippen LogP contribution < -0.4 is 0 Å². The Morgan fingerprint density at radius 3 is 2.17 bits per heavy atom. The van der Waals surface area contributed by atoms with Crippen LogP contribution in [0.5, 0.6) is 0 Å². The quantitative estimate of drug-likeness (QED) is 0.454. The molecule has 6 heteroatoms. The SMILES string of the molecule is O=C(c1ccc(Br)cc1)c1cc(-c2ccccc2)c(C(F)(F)F)s1. The standard InChI is InChI=1S/C18H10BrF3OS/c19-13-8-6-12(7-9-13)16(23)15-10-14(11-4-2-1-3-5-11)17(24-15)18(20,21)22/h1-10H. The second-order valence-corrected chi connectivity index (χ2v) is 7.02. The first-order chi connectivity index (χ1) is 11.4. The van der Waals surface area contributed by atoms with Crippen LogP contribution in [0.25, 0.3) is 11.1 Å². The molecule has 0 aliphatic rings. The number of benzene rings is 2. The molecule has 0 bridgehead atoms. The van der Waals surface area contributed by atoms with Gasteiger partial charge < -0.3 is 0 Å². The van der Waals surface area contributed by atoms with Crippen LogP contribution in [0.4, 0.5) is 13.2 Å². The topological polar surface area (TPSA) is 17.1 Å². The normalized spacial score (nSPS) is 11.5. The Bertz CT molecular complexity index is 868. The van der Waals surface area contributed by atoms with Crippen molar-refractivity contribution in [1.29, 1.82) is 0 Å². The third-order valence-corrected chi connectivity index (χ3v) is 5.11. The highest BCUT2D eigenvalue weighted by Crippen LogP contribution is 2.43. The van der Waals surface area contributed by atoms with Crippen molar-refractivity contribution >= 4 is 33.0 Å². The molecule has 1 aromatic heterocycles. The molecule has 0 radical (unpaired) electrons. The summed E-state index contributed by atoms with van der Waals surface area (Å²) in [5, 5.41) is 0. The lowest BCUT2D eigenvalue weighted by Gasteiger charge is -2.07. The van der Waals surface area contributed by atoms with Crippen molar-refractivity contribution in [2.24, 2.45) is 0 Å². The summed E-state index contributed by atoms with van der Waals surface area (Å²) in [4.78, 5) is 11.8. The summed E-state index contributed by atoms with van der Waals surface area (Å²) in [5.74, 6) is -0.416. The molecule has 0 spiro atoms. The third kappa shape index (κ3) is 3.44. The molecule has 122 valence electrons. The van der Waals surface area contributed by atoms with Gasteiger partial charge in [0, 0.05) is 15.6 Å². The lowest BCUT2D eigenvalue weighted by molar-refractivity contribution is -0.133. The van der Waals surface area contributed by atoms with Crippen molar-refractivity contribution < 1.29 is 18.0 Å². The molecule has 0 aliphatic heterocycles. The fraction of sp³-hybridized carbons (Fsp3) is 0.0556. The zero-order valence-electron chi connectivity index (χ0n) is 12.1. The van der Waals surface area contributed by atoms with Gasteiger partial charge >= 0.3 is 6.18 Å². The van der Waals surface area contributed by atoms with Crippen molar-refractivity contribution in [2.75, 3.05) is 0 Å². The van der Waals surface area contributed by atoms with Gasteiger partial charge in [-0.2, -0.15) is 13.2 Å². The molecule has 24 heavy (non-hydrogen) atoms. The second kappa shape index (κ2) is 6.53. The highest BCUT2D eigenvalue weighted by Gasteiger charge is 2.37. The molecule has 3 rings (SSSR count). The minimum absolute atomic E-state index is 0.0357. The summed E-state index contributed by atoms with van der Waals surface area (Å²) < 4.78 is 40.9. The van der Waals surface area contributed by atoms with E-state index in [1.165, 1.54) is 6.07 Å². The van der Waals surface area contributed by atoms with E-state index in [0.717, 1.165) is 4.47 Å². The molecular weight excluding hydrogens is 401 g/mol. The van der Waals surface area contributed by atoms with Crippen molar-refractivity contribution in [2.45, 2.75) is 6.18 Å². The molecule has 0 amide bonds. The van der Waals surface area contributed by atoms with Crippen molar-refractivity contribution in [1.82, 2.24) is 0 Å². The summed E-state index contributed by atoms with van der Waals surface area (Å²) >= 11 is 3.75. The number of halogens is 4. The third-order valence-electron chi connectivity index (χ3n) is 3.40. The van der Waals surface area contributed by atoms with Gasteiger partial charge in [-0.05, 0) is 35.9 Å². The minimum Gasteiger partial charge on any atom is -0.288 e. The number of carbonyl (C=O) groups is 1. The van der Waals surface area contributed by atoms with Crippen LogP contribution in [0.15, 0.2) is 65.1 Å². The fourth-order valence-electron chi connectivity index (χ4n) is 2.29. The Labute approximate surface area is 148 Å². The zero-order chi connectivity index (χ0) is 17.3. The van der Waals surface area contributed by atoms with Crippen LogP contribution in [0.2, 0.25) is 0 Å². The maximum absolute atomic E-state index is 13.4. The van der Waals surface area contributed by atoms with Gasteiger partial charge in [0.2, 0.25) is 5.78 Å². The van der Waals surface area contributed by atoms with Gasteiger partial charge in [-0.3, -0.25) is 4.79 Å². The molecule has 0 atom stereocenters. The minimum atomic E-state index is -4.51. The second-order valence-electron chi connectivity index (χ2n) is 5.05. The molecule has 3 aromatic rings. The molecular formula is C18H10BrF3OS. The van der Waals surface area contributed by atoms with Crippen LogP contribution in [-0.2, 0) is 6.18 Å². The van der Waals surface area contributed by atoms with Crippen LogP contribution >= 0.6 is 27.3 Å². The molecule has 1 heterocycles. The number of ketones is 1. The summed E-state index contributed by atoms with van der Waals surface area (Å²) in [6.07, 6.45) is -4.51. The zero-order valence-corrected chi connectivity index (χ0v) is 14.5. The first-order valence-electron chi connectivity index (χ1n) is 6.93. The number of hydrogen-bond donors (Lipinski definition) is 0. The molecule has 0 saturated carbocycles. The lowest BCUT2D eigenvalue weighted by Crippen LogP contribution is -2.03. The molecule has 0 aliphatic carbocycles. The molecule has 1 nitrogen and oxygen atoms in total. The van der Waals surface area contributed by atoms with E-state index in [2.05, 4.69) is 15.9 Å². The van der Waals surface area contributed by atoms with Crippen molar-refractivity contribution in [3.63, 3.8) is 0 Å². The van der Waals surface area contributed by atoms with Gasteiger partial charge in [0.1, 0.15) is 4.88 Å². The van der Waals surface area contributed by atoms with Crippen molar-refractivity contribution in [3.05, 3.63) is 80.5 Å². The summed E-state index contributed by atoms with van der Waals surface area (Å²) in [6.45, 7) is 0. The summed E-state index contributed by atoms with van der Waals surface area (Å²) in [6, 6.07) is 16.1. The smallest absolute Gasteiger partial charge is 0.288 e. The Balaban J connectivity index is 2.09. The first kappa shape index (κ1) is 16.9. The van der Waals surface area contributed by atoms with Gasteiger partial charge in [0.05, 0.1) is 4.88 Å². The van der Waals surface area contributed by atoms with Gasteiger partial charge in [-0.1, -0.05) is 46.3 Å². The van der Waals surface area contributed by atoms with Gasteiger partial charge in [0.15, 0.2) is 0 Å². The van der Waals surface area contributed by atoms with E-state index in [9.17, 15) is 18.0 Å². The van der Waals surface area contributed by atoms with Crippen LogP contribution in [0.1, 0.15) is 20.1 Å². The monoisotopic (exact) mass is 410 g/mol. The van der Waals surface area contributed by atoms with Crippen LogP contribution in [0, 0.1) is 0 Å². The summed E-state index contributed by atoms with van der Waals surface area (Å²) in [7, 11) is 0. The molecule has 2 aromatic carbocycles. The fourth-order valence-corrected chi connectivity index (χ4v) is 3.56. The van der Waals surface area contributed by atoms with Crippen molar-refractivity contribution in [3.8, 4) is 11.1 Å². The van der Waals surface area contributed by atoms with E-state index in [1.54, 1.807) is 54.6 Å². The van der Waals surface area contributed by atoms with Crippen LogP contribution in [0.3, 0.4) is 0 Å². The lowest BCUT2D eigenvalue weighted by atomic mass is 10.0.